The van der Waals surface area contributed by atoms with Crippen molar-refractivity contribution < 1.29 is 19.5 Å². The van der Waals surface area contributed by atoms with Crippen molar-refractivity contribution in [1.29, 1.82) is 0 Å². The molecule has 1 saturated heterocycles. The Morgan fingerprint density at radius 3 is 2.62 bits per heavy atom. The molecule has 3 unspecified atom stereocenters. The highest BCUT2D eigenvalue weighted by atomic mass is 16.4. The zero-order chi connectivity index (χ0) is 15.6. The summed E-state index contributed by atoms with van der Waals surface area (Å²) in [6, 6.07) is -1.12. The molecule has 0 aromatic carbocycles. The van der Waals surface area contributed by atoms with E-state index in [-0.39, 0.29) is 11.8 Å². The SMILES string of the molecule is CC1CCCC(NC(=O)NC2CCN(C)C2=O)(C(=O)O)C1. The van der Waals surface area contributed by atoms with Crippen molar-refractivity contribution in [2.45, 2.75) is 50.6 Å². The first kappa shape index (κ1) is 15.6. The van der Waals surface area contributed by atoms with Crippen LogP contribution >= 0.6 is 0 Å². The van der Waals surface area contributed by atoms with E-state index in [2.05, 4.69) is 10.6 Å². The van der Waals surface area contributed by atoms with E-state index < -0.39 is 23.6 Å². The zero-order valence-electron chi connectivity index (χ0n) is 12.5. The Hall–Kier alpha value is -1.79. The molecule has 0 spiro atoms. The Morgan fingerprint density at radius 2 is 2.10 bits per heavy atom. The summed E-state index contributed by atoms with van der Waals surface area (Å²) in [5.41, 5.74) is -1.21. The van der Waals surface area contributed by atoms with Crippen LogP contribution in [0.15, 0.2) is 0 Å². The lowest BCUT2D eigenvalue weighted by Crippen LogP contribution is -2.60. The summed E-state index contributed by atoms with van der Waals surface area (Å²) in [5.74, 6) is -0.875. The number of likely N-dealkylation sites (N-methyl/N-ethyl adjacent to an activating group) is 1. The third-order valence-corrected chi connectivity index (χ3v) is 4.49. The summed E-state index contributed by atoms with van der Waals surface area (Å²) in [6.07, 6.45) is 3.16. The summed E-state index contributed by atoms with van der Waals surface area (Å²) in [4.78, 5) is 37.0. The summed E-state index contributed by atoms with van der Waals surface area (Å²) in [5, 5.41) is 14.7. The zero-order valence-corrected chi connectivity index (χ0v) is 12.5. The maximum absolute atomic E-state index is 12.1. The molecule has 3 atom stereocenters. The summed E-state index contributed by atoms with van der Waals surface area (Å²) in [7, 11) is 1.68. The number of carboxylic acid groups (broad SMARTS) is 1. The van der Waals surface area contributed by atoms with E-state index >= 15 is 0 Å². The average Bonchev–Trinajstić information content (AvgIpc) is 2.70. The normalized spacial score (nSPS) is 32.9. The van der Waals surface area contributed by atoms with E-state index in [9.17, 15) is 19.5 Å². The molecule has 0 aromatic rings. The van der Waals surface area contributed by atoms with Gasteiger partial charge in [0.15, 0.2) is 0 Å². The molecule has 0 radical (unpaired) electrons. The second kappa shape index (κ2) is 5.91. The number of rotatable bonds is 3. The maximum atomic E-state index is 12.1. The molecule has 7 heteroatoms. The van der Waals surface area contributed by atoms with E-state index in [1.165, 1.54) is 0 Å². The molecule has 2 aliphatic rings. The smallest absolute Gasteiger partial charge is 0.329 e. The van der Waals surface area contributed by atoms with Crippen molar-refractivity contribution in [2.75, 3.05) is 13.6 Å². The van der Waals surface area contributed by atoms with Gasteiger partial charge in [-0.15, -0.1) is 0 Å². The van der Waals surface area contributed by atoms with Gasteiger partial charge in [0.2, 0.25) is 5.91 Å². The van der Waals surface area contributed by atoms with Crippen LogP contribution in [-0.4, -0.2) is 53.1 Å². The van der Waals surface area contributed by atoms with E-state index in [1.807, 2.05) is 6.92 Å². The van der Waals surface area contributed by atoms with E-state index in [0.717, 1.165) is 12.8 Å². The van der Waals surface area contributed by atoms with Gasteiger partial charge in [0.05, 0.1) is 0 Å². The van der Waals surface area contributed by atoms with Crippen molar-refractivity contribution in [3.8, 4) is 0 Å². The first-order valence-corrected chi connectivity index (χ1v) is 7.41. The van der Waals surface area contributed by atoms with Gasteiger partial charge >= 0.3 is 12.0 Å². The Bertz CT molecular complexity index is 454. The Labute approximate surface area is 124 Å². The summed E-state index contributed by atoms with van der Waals surface area (Å²) < 4.78 is 0. The molecule has 0 aromatic heterocycles. The first-order valence-electron chi connectivity index (χ1n) is 7.41. The third kappa shape index (κ3) is 3.28. The highest BCUT2D eigenvalue weighted by Gasteiger charge is 2.43. The molecule has 1 heterocycles. The minimum absolute atomic E-state index is 0.133. The number of hydrogen-bond donors (Lipinski definition) is 3. The minimum Gasteiger partial charge on any atom is -0.480 e. The number of likely N-dealkylation sites (tertiary alicyclic amines) is 1. The van der Waals surface area contributed by atoms with Crippen LogP contribution in [0.1, 0.15) is 39.0 Å². The lowest BCUT2D eigenvalue weighted by atomic mass is 9.76. The molecule has 118 valence electrons. The van der Waals surface area contributed by atoms with Gasteiger partial charge in [0, 0.05) is 13.6 Å². The Balaban J connectivity index is 1.99. The van der Waals surface area contributed by atoms with Crippen LogP contribution in [0.25, 0.3) is 0 Å². The second-order valence-electron chi connectivity index (χ2n) is 6.29. The number of aliphatic carboxylic acids is 1. The van der Waals surface area contributed by atoms with Gasteiger partial charge in [-0.05, 0) is 25.2 Å². The number of nitrogens with zero attached hydrogens (tertiary/aromatic N) is 1. The van der Waals surface area contributed by atoms with E-state index in [4.69, 9.17) is 0 Å². The predicted octanol–water partition coefficient (Wildman–Crippen LogP) is 0.550. The summed E-state index contributed by atoms with van der Waals surface area (Å²) >= 11 is 0. The standard InChI is InChI=1S/C14H23N3O4/c1-9-4-3-6-14(8-9,12(19)20)16-13(21)15-10-5-7-17(2)11(10)18/h9-10H,3-8H2,1-2H3,(H,19,20)(H2,15,16,21). The number of urea groups is 1. The number of carboxylic acids is 1. The molecular formula is C14H23N3O4. The monoisotopic (exact) mass is 297 g/mol. The van der Waals surface area contributed by atoms with E-state index in [0.29, 0.717) is 25.8 Å². The Kier molecular flexibility index (Phi) is 4.39. The molecule has 0 bridgehead atoms. The van der Waals surface area contributed by atoms with Crippen LogP contribution in [0.4, 0.5) is 4.79 Å². The molecular weight excluding hydrogens is 274 g/mol. The topological polar surface area (TPSA) is 98.7 Å². The Morgan fingerprint density at radius 1 is 1.38 bits per heavy atom. The number of hydrogen-bond acceptors (Lipinski definition) is 3. The maximum Gasteiger partial charge on any atom is 0.329 e. The molecule has 21 heavy (non-hydrogen) atoms. The number of amides is 3. The molecule has 3 amide bonds. The number of nitrogens with one attached hydrogen (secondary N) is 2. The fourth-order valence-electron chi connectivity index (χ4n) is 3.28. The van der Waals surface area contributed by atoms with Gasteiger partial charge in [-0.25, -0.2) is 9.59 Å². The molecule has 7 nitrogen and oxygen atoms in total. The number of carbonyl (C=O) groups excluding carboxylic acids is 2. The highest BCUT2D eigenvalue weighted by Crippen LogP contribution is 2.32. The van der Waals surface area contributed by atoms with Gasteiger partial charge < -0.3 is 20.6 Å². The predicted molar refractivity (Wildman–Crippen MR) is 75.7 cm³/mol. The second-order valence-corrected chi connectivity index (χ2v) is 6.29. The van der Waals surface area contributed by atoms with Crippen molar-refractivity contribution in [3.63, 3.8) is 0 Å². The fourth-order valence-corrected chi connectivity index (χ4v) is 3.28. The first-order chi connectivity index (χ1) is 9.84. The lowest BCUT2D eigenvalue weighted by molar-refractivity contribution is -0.146. The van der Waals surface area contributed by atoms with Crippen molar-refractivity contribution in [1.82, 2.24) is 15.5 Å². The van der Waals surface area contributed by atoms with Crippen LogP contribution < -0.4 is 10.6 Å². The lowest BCUT2D eigenvalue weighted by Gasteiger charge is -2.37. The van der Waals surface area contributed by atoms with Gasteiger partial charge in [-0.1, -0.05) is 19.8 Å². The van der Waals surface area contributed by atoms with Crippen LogP contribution in [-0.2, 0) is 9.59 Å². The quantitative estimate of drug-likeness (QED) is 0.708. The molecule has 1 saturated carbocycles. The largest absolute Gasteiger partial charge is 0.480 e. The molecule has 1 aliphatic heterocycles. The molecule has 1 aliphatic carbocycles. The van der Waals surface area contributed by atoms with Gasteiger partial charge in [-0.2, -0.15) is 0 Å². The van der Waals surface area contributed by atoms with Crippen molar-refractivity contribution in [3.05, 3.63) is 0 Å². The van der Waals surface area contributed by atoms with Gasteiger partial charge in [0.25, 0.3) is 0 Å². The number of carbonyl (C=O) groups is 3. The van der Waals surface area contributed by atoms with Crippen molar-refractivity contribution in [2.24, 2.45) is 5.92 Å². The molecule has 2 rings (SSSR count). The van der Waals surface area contributed by atoms with Crippen LogP contribution in [0.3, 0.4) is 0 Å². The molecule has 2 fully saturated rings. The minimum atomic E-state index is -1.21. The van der Waals surface area contributed by atoms with Crippen LogP contribution in [0.5, 0.6) is 0 Å². The summed E-state index contributed by atoms with van der Waals surface area (Å²) in [6.45, 7) is 2.59. The van der Waals surface area contributed by atoms with Crippen LogP contribution in [0, 0.1) is 5.92 Å². The third-order valence-electron chi connectivity index (χ3n) is 4.49. The fraction of sp³-hybridized carbons (Fsp3) is 0.786. The van der Waals surface area contributed by atoms with Gasteiger partial charge in [-0.3, -0.25) is 4.79 Å². The van der Waals surface area contributed by atoms with E-state index in [1.54, 1.807) is 11.9 Å². The molecule has 3 N–H and O–H groups in total. The van der Waals surface area contributed by atoms with Crippen molar-refractivity contribution >= 4 is 17.9 Å². The van der Waals surface area contributed by atoms with Crippen LogP contribution in [0.2, 0.25) is 0 Å². The average molecular weight is 297 g/mol. The van der Waals surface area contributed by atoms with Gasteiger partial charge in [0.1, 0.15) is 11.6 Å². The highest BCUT2D eigenvalue weighted by molar-refractivity contribution is 5.91.